The minimum absolute atomic E-state index is 0.0270. The van der Waals surface area contributed by atoms with Crippen molar-refractivity contribution in [2.75, 3.05) is 18.9 Å². The molecule has 0 spiro atoms. The minimum atomic E-state index is -3.28. The Morgan fingerprint density at radius 1 is 1.26 bits per heavy atom. The van der Waals surface area contributed by atoms with Crippen LogP contribution in [-0.2, 0) is 21.2 Å². The summed E-state index contributed by atoms with van der Waals surface area (Å²) in [5.41, 5.74) is 0.971. The average Bonchev–Trinajstić information content (AvgIpc) is 2.30. The molecule has 108 valence electrons. The van der Waals surface area contributed by atoms with Crippen molar-refractivity contribution < 1.29 is 18.3 Å². The van der Waals surface area contributed by atoms with Crippen molar-refractivity contribution in [1.29, 1.82) is 0 Å². The molecule has 5 nitrogen and oxygen atoms in total. The van der Waals surface area contributed by atoms with Crippen molar-refractivity contribution in [3.05, 3.63) is 29.8 Å². The van der Waals surface area contributed by atoms with E-state index >= 15 is 0 Å². The normalized spacial score (nSPS) is 11.9. The van der Waals surface area contributed by atoms with Gasteiger partial charge in [-0.25, -0.2) is 13.1 Å². The number of benzene rings is 1. The molecule has 0 saturated carbocycles. The number of hydrogen-bond acceptors (Lipinski definition) is 4. The number of phenolic OH excluding ortho intramolecular Hbond substituents is 1. The van der Waals surface area contributed by atoms with Crippen molar-refractivity contribution in [2.24, 2.45) is 0 Å². The molecule has 0 aliphatic carbocycles. The Bertz CT molecular complexity index is 468. The number of ether oxygens (including phenoxy) is 1. The number of sulfonamides is 1. The molecular weight excluding hydrogens is 266 g/mol. The fraction of sp³-hybridized carbons (Fsp3) is 0.538. The maximum absolute atomic E-state index is 11.6. The summed E-state index contributed by atoms with van der Waals surface area (Å²) in [6, 6.07) is 6.71. The summed E-state index contributed by atoms with van der Waals surface area (Å²) < 4.78 is 31.0. The Balaban J connectivity index is 2.29. The predicted molar refractivity (Wildman–Crippen MR) is 74.7 cm³/mol. The zero-order chi connectivity index (χ0) is 14.3. The summed E-state index contributed by atoms with van der Waals surface area (Å²) in [4.78, 5) is 0. The Labute approximate surface area is 114 Å². The summed E-state index contributed by atoms with van der Waals surface area (Å²) in [5.74, 6) is 0.177. The van der Waals surface area contributed by atoms with Gasteiger partial charge in [-0.1, -0.05) is 12.1 Å². The first-order valence-electron chi connectivity index (χ1n) is 6.26. The monoisotopic (exact) mass is 287 g/mol. The highest BCUT2D eigenvalue weighted by atomic mass is 32.2. The Morgan fingerprint density at radius 2 is 1.89 bits per heavy atom. The van der Waals surface area contributed by atoms with E-state index in [0.717, 1.165) is 5.56 Å². The van der Waals surface area contributed by atoms with Crippen LogP contribution < -0.4 is 4.72 Å². The summed E-state index contributed by atoms with van der Waals surface area (Å²) in [5, 5.41) is 9.13. The lowest BCUT2D eigenvalue weighted by molar-refractivity contribution is 0.0911. The topological polar surface area (TPSA) is 75.6 Å². The predicted octanol–water partition coefficient (Wildman–Crippen LogP) is 1.28. The smallest absolute Gasteiger partial charge is 0.213 e. The minimum Gasteiger partial charge on any atom is -0.508 e. The highest BCUT2D eigenvalue weighted by molar-refractivity contribution is 7.89. The SMILES string of the molecule is CC(C)OCCS(=O)(=O)NCCc1ccc(O)cc1. The Kier molecular flexibility index (Phi) is 6.27. The van der Waals surface area contributed by atoms with E-state index in [9.17, 15) is 8.42 Å². The quantitative estimate of drug-likeness (QED) is 0.755. The van der Waals surface area contributed by atoms with Gasteiger partial charge in [0.15, 0.2) is 0 Å². The molecule has 0 bridgehead atoms. The Morgan fingerprint density at radius 3 is 2.47 bits per heavy atom. The molecule has 0 radical (unpaired) electrons. The van der Waals surface area contributed by atoms with Gasteiger partial charge in [0.1, 0.15) is 5.75 Å². The largest absolute Gasteiger partial charge is 0.508 e. The standard InChI is InChI=1S/C13H21NO4S/c1-11(2)18-9-10-19(16,17)14-8-7-12-3-5-13(15)6-4-12/h3-6,11,14-15H,7-10H2,1-2H3. The molecule has 1 aromatic rings. The molecule has 0 heterocycles. The van der Waals surface area contributed by atoms with Gasteiger partial charge in [0, 0.05) is 6.54 Å². The third-order valence-corrected chi connectivity index (χ3v) is 3.82. The van der Waals surface area contributed by atoms with E-state index < -0.39 is 10.0 Å². The van der Waals surface area contributed by atoms with E-state index in [-0.39, 0.29) is 24.2 Å². The second-order valence-electron chi connectivity index (χ2n) is 4.55. The van der Waals surface area contributed by atoms with E-state index in [1.54, 1.807) is 24.3 Å². The fourth-order valence-electron chi connectivity index (χ4n) is 1.48. The summed E-state index contributed by atoms with van der Waals surface area (Å²) in [6.07, 6.45) is 0.622. The first-order chi connectivity index (χ1) is 8.89. The van der Waals surface area contributed by atoms with Crippen LogP contribution in [0, 0.1) is 0 Å². The molecule has 0 aliphatic heterocycles. The van der Waals surface area contributed by atoms with Gasteiger partial charge in [-0.3, -0.25) is 0 Å². The van der Waals surface area contributed by atoms with Crippen LogP contribution in [0.2, 0.25) is 0 Å². The van der Waals surface area contributed by atoms with Gasteiger partial charge in [0.05, 0.1) is 18.5 Å². The first-order valence-corrected chi connectivity index (χ1v) is 7.91. The van der Waals surface area contributed by atoms with Gasteiger partial charge in [0.25, 0.3) is 0 Å². The molecular formula is C13H21NO4S. The number of aromatic hydroxyl groups is 1. The number of hydrogen-bond donors (Lipinski definition) is 2. The Hall–Kier alpha value is -1.11. The van der Waals surface area contributed by atoms with Crippen molar-refractivity contribution >= 4 is 10.0 Å². The van der Waals surface area contributed by atoms with Gasteiger partial charge < -0.3 is 9.84 Å². The summed E-state index contributed by atoms with van der Waals surface area (Å²) in [7, 11) is -3.28. The average molecular weight is 287 g/mol. The second kappa shape index (κ2) is 7.47. The van der Waals surface area contributed by atoms with Crippen LogP contribution in [0.3, 0.4) is 0 Å². The molecule has 2 N–H and O–H groups in total. The van der Waals surface area contributed by atoms with Crippen LogP contribution in [0.5, 0.6) is 5.75 Å². The third kappa shape index (κ3) is 7.15. The number of rotatable bonds is 8. The highest BCUT2D eigenvalue weighted by Crippen LogP contribution is 2.09. The van der Waals surface area contributed by atoms with Crippen LogP contribution >= 0.6 is 0 Å². The van der Waals surface area contributed by atoms with E-state index in [1.165, 1.54) is 0 Å². The van der Waals surface area contributed by atoms with Gasteiger partial charge in [-0.05, 0) is 38.0 Å². The van der Waals surface area contributed by atoms with Gasteiger partial charge in [-0.15, -0.1) is 0 Å². The van der Waals surface area contributed by atoms with Gasteiger partial charge in [-0.2, -0.15) is 0 Å². The molecule has 0 aliphatic rings. The molecule has 0 aromatic heterocycles. The highest BCUT2D eigenvalue weighted by Gasteiger charge is 2.09. The van der Waals surface area contributed by atoms with Crippen LogP contribution in [0.25, 0.3) is 0 Å². The maximum atomic E-state index is 11.6. The van der Waals surface area contributed by atoms with E-state index in [0.29, 0.717) is 13.0 Å². The van der Waals surface area contributed by atoms with E-state index in [1.807, 2.05) is 13.8 Å². The maximum Gasteiger partial charge on any atom is 0.213 e. The third-order valence-electron chi connectivity index (χ3n) is 2.48. The second-order valence-corrected chi connectivity index (χ2v) is 6.48. The number of phenols is 1. The van der Waals surface area contributed by atoms with Gasteiger partial charge >= 0.3 is 0 Å². The molecule has 0 saturated heterocycles. The molecule has 1 rings (SSSR count). The van der Waals surface area contributed by atoms with Crippen LogP contribution in [0.4, 0.5) is 0 Å². The van der Waals surface area contributed by atoms with E-state index in [2.05, 4.69) is 4.72 Å². The lowest BCUT2D eigenvalue weighted by Gasteiger charge is -2.09. The fourth-order valence-corrected chi connectivity index (χ4v) is 2.35. The molecule has 6 heteroatoms. The zero-order valence-electron chi connectivity index (χ0n) is 11.3. The lowest BCUT2D eigenvalue weighted by atomic mass is 10.1. The number of nitrogens with one attached hydrogen (secondary N) is 1. The molecule has 19 heavy (non-hydrogen) atoms. The molecule has 0 atom stereocenters. The van der Waals surface area contributed by atoms with Crippen LogP contribution in [0.1, 0.15) is 19.4 Å². The zero-order valence-corrected chi connectivity index (χ0v) is 12.1. The van der Waals surface area contributed by atoms with Crippen LogP contribution in [-0.4, -0.2) is 38.5 Å². The van der Waals surface area contributed by atoms with Crippen molar-refractivity contribution in [3.63, 3.8) is 0 Å². The molecule has 0 fully saturated rings. The summed E-state index contributed by atoms with van der Waals surface area (Å²) in [6.45, 7) is 4.27. The molecule has 0 amide bonds. The van der Waals surface area contributed by atoms with Crippen molar-refractivity contribution in [3.8, 4) is 5.75 Å². The molecule has 0 unspecified atom stereocenters. The van der Waals surface area contributed by atoms with Gasteiger partial charge in [0.2, 0.25) is 10.0 Å². The lowest BCUT2D eigenvalue weighted by Crippen LogP contribution is -2.30. The van der Waals surface area contributed by atoms with Crippen molar-refractivity contribution in [2.45, 2.75) is 26.4 Å². The summed E-state index contributed by atoms with van der Waals surface area (Å²) >= 11 is 0. The van der Waals surface area contributed by atoms with E-state index in [4.69, 9.17) is 9.84 Å². The molecule has 1 aromatic carbocycles. The first kappa shape index (κ1) is 15.9. The van der Waals surface area contributed by atoms with Crippen molar-refractivity contribution in [1.82, 2.24) is 4.72 Å². The van der Waals surface area contributed by atoms with Crippen LogP contribution in [0.15, 0.2) is 24.3 Å².